The lowest BCUT2D eigenvalue weighted by Crippen LogP contribution is -2.28. The molecule has 2 heterocycles. The van der Waals surface area contributed by atoms with E-state index >= 15 is 4.39 Å². The van der Waals surface area contributed by atoms with Crippen molar-refractivity contribution in [3.8, 4) is 23.6 Å². The molecular weight excluding hydrogens is 513 g/mol. The van der Waals surface area contributed by atoms with E-state index in [0.717, 1.165) is 4.68 Å². The molecule has 0 aliphatic heterocycles. The number of ether oxygens (including phenoxy) is 2. The van der Waals surface area contributed by atoms with Crippen LogP contribution in [0.3, 0.4) is 0 Å². The average Bonchev–Trinajstić information content (AvgIpc) is 2.93. The minimum Gasteiger partial charge on any atom is -0.453 e. The lowest BCUT2D eigenvalue weighted by molar-refractivity contribution is 0.0331. The van der Waals surface area contributed by atoms with Crippen molar-refractivity contribution in [3.05, 3.63) is 116 Å². The lowest BCUT2D eigenvalue weighted by atomic mass is 10.1. The number of carbonyl (C=O) groups is 1. The van der Waals surface area contributed by atoms with E-state index in [9.17, 15) is 20.1 Å². The van der Waals surface area contributed by atoms with E-state index in [4.69, 9.17) is 21.1 Å². The van der Waals surface area contributed by atoms with E-state index < -0.39 is 24.1 Å². The van der Waals surface area contributed by atoms with Crippen molar-refractivity contribution in [1.82, 2.24) is 14.8 Å². The number of benzene rings is 2. The number of nitriles is 2. The number of aromatic nitrogens is 3. The van der Waals surface area contributed by atoms with Crippen molar-refractivity contribution in [3.63, 3.8) is 0 Å². The van der Waals surface area contributed by atoms with Crippen LogP contribution in [0.2, 0.25) is 5.02 Å². The van der Waals surface area contributed by atoms with Gasteiger partial charge in [0.05, 0.1) is 34.0 Å². The number of esters is 1. The highest BCUT2D eigenvalue weighted by molar-refractivity contribution is 6.32. The molecule has 0 saturated heterocycles. The Labute approximate surface area is 220 Å². The molecule has 0 atom stereocenters. The van der Waals surface area contributed by atoms with Gasteiger partial charge in [0, 0.05) is 18.2 Å². The van der Waals surface area contributed by atoms with Gasteiger partial charge in [0.25, 0.3) is 5.56 Å². The zero-order chi connectivity index (χ0) is 27.2. The van der Waals surface area contributed by atoms with Crippen LogP contribution in [-0.2, 0) is 17.9 Å². The van der Waals surface area contributed by atoms with E-state index in [1.165, 1.54) is 48.7 Å². The second kappa shape index (κ2) is 11.3. The Morgan fingerprint density at radius 1 is 1.11 bits per heavy atom. The third-order valence-corrected chi connectivity index (χ3v) is 5.58. The number of carbonyl (C=O) groups excluding carboxylic acids is 1. The minimum atomic E-state index is -0.780. The summed E-state index contributed by atoms with van der Waals surface area (Å²) < 4.78 is 27.2. The maximum absolute atomic E-state index is 15.5. The molecule has 9 nitrogen and oxygen atoms in total. The SMILES string of the molecule is Cc1cc(Cc2ccc(Cl)c(Oc3cc(C#N)cc(C#N)c3)c2F)nn(COC(=O)c2ccccn2)c1=O. The van der Waals surface area contributed by atoms with E-state index in [2.05, 4.69) is 10.1 Å². The summed E-state index contributed by atoms with van der Waals surface area (Å²) in [4.78, 5) is 28.6. The molecular formula is C27H17ClFN5O4. The number of pyridine rings is 1. The molecule has 0 amide bonds. The predicted molar refractivity (Wildman–Crippen MR) is 133 cm³/mol. The molecule has 2 aromatic heterocycles. The standard InChI is InChI=1S/C27H17ClFN5O4/c1-16-8-20(33-34(26(16)35)15-37-27(36)23-4-2-3-7-32-23)12-19-5-6-22(28)25(24(19)29)38-21-10-17(13-30)9-18(11-21)14-31/h2-11H,12,15H2,1H3. The number of hydrogen-bond donors (Lipinski definition) is 0. The summed E-state index contributed by atoms with van der Waals surface area (Å²) in [6, 6.07) is 17.1. The van der Waals surface area contributed by atoms with Crippen LogP contribution in [0.25, 0.3) is 0 Å². The van der Waals surface area contributed by atoms with Gasteiger partial charge in [-0.3, -0.25) is 4.79 Å². The monoisotopic (exact) mass is 529 g/mol. The molecule has 0 spiro atoms. The molecule has 0 saturated carbocycles. The molecule has 38 heavy (non-hydrogen) atoms. The normalized spacial score (nSPS) is 10.3. The summed E-state index contributed by atoms with van der Waals surface area (Å²) in [6.45, 7) is 1.10. The molecule has 188 valence electrons. The quantitative estimate of drug-likeness (QED) is 0.315. The molecule has 0 fully saturated rings. The first-order valence-electron chi connectivity index (χ1n) is 11.0. The van der Waals surface area contributed by atoms with Crippen LogP contribution >= 0.6 is 11.6 Å². The number of aryl methyl sites for hydroxylation is 1. The van der Waals surface area contributed by atoms with Crippen molar-refractivity contribution in [1.29, 1.82) is 10.5 Å². The zero-order valence-electron chi connectivity index (χ0n) is 19.8. The number of rotatable bonds is 7. The Morgan fingerprint density at radius 2 is 1.84 bits per heavy atom. The highest BCUT2D eigenvalue weighted by Gasteiger charge is 2.18. The fourth-order valence-electron chi connectivity index (χ4n) is 3.50. The summed E-state index contributed by atoms with van der Waals surface area (Å²) in [5.74, 6) is -1.74. The van der Waals surface area contributed by atoms with Crippen LogP contribution in [-0.4, -0.2) is 20.7 Å². The second-order valence-corrected chi connectivity index (χ2v) is 8.40. The molecule has 0 aliphatic rings. The van der Waals surface area contributed by atoms with E-state index in [-0.39, 0.29) is 45.3 Å². The van der Waals surface area contributed by atoms with Gasteiger partial charge < -0.3 is 9.47 Å². The third kappa shape index (κ3) is 5.84. The lowest BCUT2D eigenvalue weighted by Gasteiger charge is -2.13. The summed E-state index contributed by atoms with van der Waals surface area (Å²) in [5, 5.41) is 22.5. The van der Waals surface area contributed by atoms with Crippen LogP contribution in [0.15, 0.2) is 65.6 Å². The molecule has 4 aromatic rings. The van der Waals surface area contributed by atoms with Crippen LogP contribution in [0.1, 0.15) is 38.4 Å². The molecule has 0 radical (unpaired) electrons. The van der Waals surface area contributed by atoms with E-state index in [1.54, 1.807) is 19.1 Å². The van der Waals surface area contributed by atoms with Gasteiger partial charge in [0.2, 0.25) is 0 Å². The van der Waals surface area contributed by atoms with Crippen LogP contribution in [0.5, 0.6) is 11.5 Å². The molecule has 2 aromatic carbocycles. The Kier molecular flexibility index (Phi) is 7.76. The Bertz CT molecular complexity index is 1640. The van der Waals surface area contributed by atoms with Gasteiger partial charge >= 0.3 is 5.97 Å². The average molecular weight is 530 g/mol. The molecule has 0 unspecified atom stereocenters. The first kappa shape index (κ1) is 26.0. The first-order chi connectivity index (χ1) is 18.3. The van der Waals surface area contributed by atoms with E-state index in [1.807, 2.05) is 12.1 Å². The van der Waals surface area contributed by atoms with Gasteiger partial charge in [-0.15, -0.1) is 0 Å². The summed E-state index contributed by atoms with van der Waals surface area (Å²) in [6.07, 6.45) is 1.39. The molecule has 4 rings (SSSR count). The third-order valence-electron chi connectivity index (χ3n) is 5.28. The number of hydrogen-bond acceptors (Lipinski definition) is 8. The first-order valence-corrected chi connectivity index (χ1v) is 11.4. The highest BCUT2D eigenvalue weighted by atomic mass is 35.5. The van der Waals surface area contributed by atoms with Crippen LogP contribution in [0, 0.1) is 35.4 Å². The minimum absolute atomic E-state index is 0.0253. The van der Waals surface area contributed by atoms with Gasteiger partial charge in [-0.05, 0) is 55.0 Å². The molecule has 0 bridgehead atoms. The van der Waals surface area contributed by atoms with Gasteiger partial charge in [0.15, 0.2) is 18.3 Å². The van der Waals surface area contributed by atoms with Gasteiger partial charge in [-0.25, -0.2) is 14.2 Å². The topological polar surface area (TPSA) is 131 Å². The fraction of sp³-hybridized carbons (Fsp3) is 0.111. The Morgan fingerprint density at radius 3 is 2.50 bits per heavy atom. The maximum Gasteiger partial charge on any atom is 0.358 e. The molecule has 0 aliphatic carbocycles. The second-order valence-electron chi connectivity index (χ2n) is 8.00. The van der Waals surface area contributed by atoms with Crippen LogP contribution < -0.4 is 10.3 Å². The summed E-state index contributed by atoms with van der Waals surface area (Å²) in [5.41, 5.74) is 0.715. The maximum atomic E-state index is 15.5. The number of halogens is 2. The molecule has 0 N–H and O–H groups in total. The Balaban J connectivity index is 1.59. The number of nitrogens with zero attached hydrogens (tertiary/aromatic N) is 5. The predicted octanol–water partition coefficient (Wildman–Crippen LogP) is 4.68. The zero-order valence-corrected chi connectivity index (χ0v) is 20.6. The van der Waals surface area contributed by atoms with Gasteiger partial charge in [0.1, 0.15) is 11.4 Å². The summed E-state index contributed by atoms with van der Waals surface area (Å²) >= 11 is 6.18. The molecule has 11 heteroatoms. The largest absolute Gasteiger partial charge is 0.453 e. The van der Waals surface area contributed by atoms with E-state index in [0.29, 0.717) is 11.3 Å². The smallest absolute Gasteiger partial charge is 0.358 e. The van der Waals surface area contributed by atoms with Gasteiger partial charge in [-0.2, -0.15) is 20.3 Å². The van der Waals surface area contributed by atoms with Crippen molar-refractivity contribution in [2.45, 2.75) is 20.1 Å². The van der Waals surface area contributed by atoms with Crippen molar-refractivity contribution < 1.29 is 18.7 Å². The van der Waals surface area contributed by atoms with Crippen molar-refractivity contribution in [2.24, 2.45) is 0 Å². The highest BCUT2D eigenvalue weighted by Crippen LogP contribution is 2.35. The Hall–Kier alpha value is -5.06. The van der Waals surface area contributed by atoms with Gasteiger partial charge in [-0.1, -0.05) is 23.7 Å². The van der Waals surface area contributed by atoms with Crippen molar-refractivity contribution >= 4 is 17.6 Å². The summed E-state index contributed by atoms with van der Waals surface area (Å²) in [7, 11) is 0. The fourth-order valence-corrected chi connectivity index (χ4v) is 3.68. The van der Waals surface area contributed by atoms with Crippen LogP contribution in [0.4, 0.5) is 4.39 Å². The van der Waals surface area contributed by atoms with Crippen molar-refractivity contribution in [2.75, 3.05) is 0 Å².